The quantitative estimate of drug-likeness (QED) is 0.762. The van der Waals surface area contributed by atoms with Crippen LogP contribution in [0.3, 0.4) is 0 Å². The number of hydrogen-bond acceptors (Lipinski definition) is 4. The molecule has 1 fully saturated rings. The lowest BCUT2D eigenvalue weighted by Crippen LogP contribution is -2.58. The highest BCUT2D eigenvalue weighted by molar-refractivity contribution is 5.77. The van der Waals surface area contributed by atoms with Crippen LogP contribution in [0.1, 0.15) is 40.5 Å². The predicted molar refractivity (Wildman–Crippen MR) is 66.7 cm³/mol. The van der Waals surface area contributed by atoms with E-state index in [0.29, 0.717) is 19.4 Å². The topological polar surface area (TPSA) is 49.8 Å². The lowest BCUT2D eigenvalue weighted by Gasteiger charge is -2.48. The van der Waals surface area contributed by atoms with Gasteiger partial charge in [-0.15, -0.1) is 0 Å². The molecule has 0 radical (unpaired) electrons. The van der Waals surface area contributed by atoms with Crippen LogP contribution in [0.4, 0.5) is 0 Å². The van der Waals surface area contributed by atoms with E-state index in [-0.39, 0.29) is 12.0 Å². The van der Waals surface area contributed by atoms with Gasteiger partial charge in [0.25, 0.3) is 0 Å². The highest BCUT2D eigenvalue weighted by Crippen LogP contribution is 2.41. The van der Waals surface area contributed by atoms with Gasteiger partial charge in [-0.1, -0.05) is 0 Å². The lowest BCUT2D eigenvalue weighted by atomic mass is 9.68. The van der Waals surface area contributed by atoms with Crippen LogP contribution < -0.4 is 0 Å². The molecular weight excluding hydrogens is 218 g/mol. The molecule has 0 aliphatic carbocycles. The fourth-order valence-electron chi connectivity index (χ4n) is 2.40. The van der Waals surface area contributed by atoms with Gasteiger partial charge in [0.2, 0.25) is 0 Å². The van der Waals surface area contributed by atoms with Crippen molar-refractivity contribution in [3.05, 3.63) is 0 Å². The largest absolute Gasteiger partial charge is 0.465 e. The van der Waals surface area contributed by atoms with E-state index in [0.717, 1.165) is 6.54 Å². The predicted octanol–water partition coefficient (Wildman–Crippen LogP) is 1.42. The van der Waals surface area contributed by atoms with Crippen LogP contribution in [-0.2, 0) is 9.53 Å². The first kappa shape index (κ1) is 14.5. The average molecular weight is 243 g/mol. The number of hydrogen-bond donors (Lipinski definition) is 1. The maximum Gasteiger partial charge on any atom is 0.314 e. The minimum atomic E-state index is -0.967. The smallest absolute Gasteiger partial charge is 0.314 e. The number of rotatable bonds is 3. The van der Waals surface area contributed by atoms with Gasteiger partial charge in [0.1, 0.15) is 0 Å². The zero-order chi connectivity index (χ0) is 13.3. The molecule has 0 amide bonds. The summed E-state index contributed by atoms with van der Waals surface area (Å²) in [5.74, 6) is -0.306. The minimum Gasteiger partial charge on any atom is -0.465 e. The number of carbonyl (C=O) groups excluding carboxylic acids is 1. The second-order valence-electron chi connectivity index (χ2n) is 5.66. The second-order valence-corrected chi connectivity index (χ2v) is 5.66. The molecule has 2 atom stereocenters. The second kappa shape index (κ2) is 4.94. The summed E-state index contributed by atoms with van der Waals surface area (Å²) in [6, 6.07) is 0.280. The Hall–Kier alpha value is -0.610. The molecule has 17 heavy (non-hydrogen) atoms. The standard InChI is InChI=1S/C13H25NO3/c1-6-17-11(15)12(3,4)13(16)7-8-14(5)10(2)9-13/h10,16H,6-9H2,1-5H3. The first-order valence-corrected chi connectivity index (χ1v) is 6.34. The van der Waals surface area contributed by atoms with Crippen molar-refractivity contribution in [3.8, 4) is 0 Å². The first-order valence-electron chi connectivity index (χ1n) is 6.34. The van der Waals surface area contributed by atoms with Crippen LogP contribution in [-0.4, -0.2) is 47.8 Å². The molecule has 0 aromatic carbocycles. The summed E-state index contributed by atoms with van der Waals surface area (Å²) < 4.78 is 5.07. The third kappa shape index (κ3) is 2.63. The molecule has 0 aromatic rings. The van der Waals surface area contributed by atoms with E-state index >= 15 is 0 Å². The Morgan fingerprint density at radius 2 is 2.18 bits per heavy atom. The van der Waals surface area contributed by atoms with E-state index in [1.807, 2.05) is 7.05 Å². The molecule has 0 aromatic heterocycles. The van der Waals surface area contributed by atoms with Gasteiger partial charge in [0, 0.05) is 12.6 Å². The third-order valence-corrected chi connectivity index (χ3v) is 4.21. The normalized spacial score (nSPS) is 31.3. The van der Waals surface area contributed by atoms with Crippen molar-refractivity contribution in [2.75, 3.05) is 20.2 Å². The lowest BCUT2D eigenvalue weighted by molar-refractivity contribution is -0.179. The van der Waals surface area contributed by atoms with E-state index < -0.39 is 11.0 Å². The molecule has 4 nitrogen and oxygen atoms in total. The van der Waals surface area contributed by atoms with Gasteiger partial charge in [0.05, 0.1) is 17.6 Å². The Morgan fingerprint density at radius 1 is 1.59 bits per heavy atom. The van der Waals surface area contributed by atoms with E-state index in [4.69, 9.17) is 4.74 Å². The van der Waals surface area contributed by atoms with Crippen LogP contribution in [0.2, 0.25) is 0 Å². The number of ether oxygens (including phenoxy) is 1. The van der Waals surface area contributed by atoms with Crippen molar-refractivity contribution < 1.29 is 14.6 Å². The molecule has 1 N–H and O–H groups in total. The summed E-state index contributed by atoms with van der Waals surface area (Å²) in [5.41, 5.74) is -1.82. The summed E-state index contributed by atoms with van der Waals surface area (Å²) in [7, 11) is 2.04. The van der Waals surface area contributed by atoms with Gasteiger partial charge >= 0.3 is 5.97 Å². The van der Waals surface area contributed by atoms with Crippen LogP contribution in [0.15, 0.2) is 0 Å². The molecule has 2 unspecified atom stereocenters. The summed E-state index contributed by atoms with van der Waals surface area (Å²) >= 11 is 0. The van der Waals surface area contributed by atoms with Crippen LogP contribution >= 0.6 is 0 Å². The molecule has 0 spiro atoms. The molecular formula is C13H25NO3. The summed E-state index contributed by atoms with van der Waals surface area (Å²) in [4.78, 5) is 14.2. The van der Waals surface area contributed by atoms with Crippen molar-refractivity contribution in [2.45, 2.75) is 52.2 Å². The first-order chi connectivity index (χ1) is 7.74. The van der Waals surface area contributed by atoms with Gasteiger partial charge < -0.3 is 14.7 Å². The van der Waals surface area contributed by atoms with Crippen molar-refractivity contribution in [1.82, 2.24) is 4.90 Å². The zero-order valence-electron chi connectivity index (χ0n) is 11.6. The van der Waals surface area contributed by atoms with Gasteiger partial charge in [-0.2, -0.15) is 0 Å². The van der Waals surface area contributed by atoms with Gasteiger partial charge in [-0.05, 0) is 47.6 Å². The van der Waals surface area contributed by atoms with Crippen LogP contribution in [0.25, 0.3) is 0 Å². The SMILES string of the molecule is CCOC(=O)C(C)(C)C1(O)CCN(C)C(C)C1. The van der Waals surface area contributed by atoms with Crippen LogP contribution in [0, 0.1) is 5.41 Å². The maximum atomic E-state index is 12.0. The van der Waals surface area contributed by atoms with Crippen molar-refractivity contribution >= 4 is 5.97 Å². The average Bonchev–Trinajstić information content (AvgIpc) is 2.24. The minimum absolute atomic E-state index is 0.280. The number of nitrogens with zero attached hydrogens (tertiary/aromatic N) is 1. The number of likely N-dealkylation sites (tertiary alicyclic amines) is 1. The highest BCUT2D eigenvalue weighted by Gasteiger charge is 2.52. The third-order valence-electron chi connectivity index (χ3n) is 4.21. The maximum absolute atomic E-state index is 12.0. The summed E-state index contributed by atoms with van der Waals surface area (Å²) in [5, 5.41) is 10.8. The molecule has 1 heterocycles. The Kier molecular flexibility index (Phi) is 4.20. The van der Waals surface area contributed by atoms with Gasteiger partial charge in [-0.3, -0.25) is 4.79 Å². The summed E-state index contributed by atoms with van der Waals surface area (Å²) in [6.45, 7) is 8.58. The Labute approximate surface area is 104 Å². The molecule has 1 aliphatic rings. The molecule has 1 rings (SSSR count). The van der Waals surface area contributed by atoms with E-state index in [1.54, 1.807) is 20.8 Å². The fraction of sp³-hybridized carbons (Fsp3) is 0.923. The number of aliphatic hydroxyl groups is 1. The highest BCUT2D eigenvalue weighted by atomic mass is 16.5. The Bertz CT molecular complexity index is 290. The molecule has 4 heteroatoms. The van der Waals surface area contributed by atoms with E-state index in [9.17, 15) is 9.90 Å². The monoisotopic (exact) mass is 243 g/mol. The molecule has 0 bridgehead atoms. The molecule has 1 aliphatic heterocycles. The van der Waals surface area contributed by atoms with Crippen molar-refractivity contribution in [2.24, 2.45) is 5.41 Å². The van der Waals surface area contributed by atoms with Crippen molar-refractivity contribution in [1.29, 1.82) is 0 Å². The Morgan fingerprint density at radius 3 is 2.65 bits per heavy atom. The van der Waals surface area contributed by atoms with Gasteiger partial charge in [-0.25, -0.2) is 0 Å². The molecule has 0 saturated carbocycles. The summed E-state index contributed by atoms with van der Waals surface area (Å²) in [6.07, 6.45) is 1.22. The van der Waals surface area contributed by atoms with E-state index in [1.165, 1.54) is 0 Å². The molecule has 100 valence electrons. The van der Waals surface area contributed by atoms with Crippen LogP contribution in [0.5, 0.6) is 0 Å². The number of piperidine rings is 1. The van der Waals surface area contributed by atoms with Crippen molar-refractivity contribution in [3.63, 3.8) is 0 Å². The number of carbonyl (C=O) groups is 1. The Balaban J connectivity index is 2.85. The molecule has 1 saturated heterocycles. The number of esters is 1. The fourth-order valence-corrected chi connectivity index (χ4v) is 2.40. The zero-order valence-corrected chi connectivity index (χ0v) is 11.6. The van der Waals surface area contributed by atoms with Gasteiger partial charge in [0.15, 0.2) is 0 Å². The van der Waals surface area contributed by atoms with E-state index in [2.05, 4.69) is 11.8 Å².